The van der Waals surface area contributed by atoms with Crippen LogP contribution in [0.2, 0.25) is 5.02 Å². The molecule has 0 saturated heterocycles. The zero-order valence-corrected chi connectivity index (χ0v) is 13.0. The fourth-order valence-electron chi connectivity index (χ4n) is 1.62. The maximum absolute atomic E-state index is 12.1. The van der Waals surface area contributed by atoms with E-state index in [0.29, 0.717) is 10.8 Å². The van der Waals surface area contributed by atoms with E-state index >= 15 is 0 Å². The van der Waals surface area contributed by atoms with E-state index in [2.05, 4.69) is 20.3 Å². The molecule has 7 nitrogen and oxygen atoms in total. The van der Waals surface area contributed by atoms with E-state index in [9.17, 15) is 9.90 Å². The Morgan fingerprint density at radius 2 is 2.09 bits per heavy atom. The first kappa shape index (κ1) is 15.3. The molecule has 0 aliphatic rings. The molecule has 2 heterocycles. The van der Waals surface area contributed by atoms with E-state index in [4.69, 9.17) is 16.0 Å². The molecule has 2 aromatic heterocycles. The van der Waals surface area contributed by atoms with Crippen molar-refractivity contribution in [1.29, 1.82) is 0 Å². The highest BCUT2D eigenvalue weighted by atomic mass is 35.5. The molecule has 0 aliphatic heterocycles. The van der Waals surface area contributed by atoms with Crippen LogP contribution in [-0.4, -0.2) is 26.0 Å². The standard InChI is InChI=1S/C14H9ClN4O3S/c15-9-6-8(20)2-3-10(9)18-12(21)11-7-22-14(19-11)23-13-16-4-1-5-17-13/h1-7,20H,(H,18,21). The third-order valence-corrected chi connectivity index (χ3v) is 3.71. The summed E-state index contributed by atoms with van der Waals surface area (Å²) < 4.78 is 5.21. The first-order chi connectivity index (χ1) is 11.1. The van der Waals surface area contributed by atoms with Crippen molar-refractivity contribution in [3.8, 4) is 5.75 Å². The number of aromatic nitrogens is 3. The van der Waals surface area contributed by atoms with Gasteiger partial charge >= 0.3 is 0 Å². The van der Waals surface area contributed by atoms with Gasteiger partial charge in [0.1, 0.15) is 12.0 Å². The molecule has 0 atom stereocenters. The number of carbonyl (C=O) groups excluding carboxylic acids is 1. The second-order valence-corrected chi connectivity index (χ2v) is 5.58. The van der Waals surface area contributed by atoms with Gasteiger partial charge in [-0.3, -0.25) is 4.79 Å². The van der Waals surface area contributed by atoms with Crippen LogP contribution < -0.4 is 5.32 Å². The maximum atomic E-state index is 12.1. The lowest BCUT2D eigenvalue weighted by Gasteiger charge is -2.05. The Kier molecular flexibility index (Phi) is 4.45. The topological polar surface area (TPSA) is 101 Å². The van der Waals surface area contributed by atoms with Gasteiger partial charge in [-0.05, 0) is 18.2 Å². The van der Waals surface area contributed by atoms with Gasteiger partial charge in [0.05, 0.1) is 10.7 Å². The zero-order valence-electron chi connectivity index (χ0n) is 11.4. The molecule has 0 saturated carbocycles. The van der Waals surface area contributed by atoms with Crippen LogP contribution in [0.5, 0.6) is 5.75 Å². The van der Waals surface area contributed by atoms with Crippen LogP contribution in [0, 0.1) is 0 Å². The molecule has 0 spiro atoms. The van der Waals surface area contributed by atoms with Crippen molar-refractivity contribution in [2.45, 2.75) is 10.4 Å². The molecule has 0 unspecified atom stereocenters. The summed E-state index contributed by atoms with van der Waals surface area (Å²) in [7, 11) is 0. The summed E-state index contributed by atoms with van der Waals surface area (Å²) in [5.74, 6) is -0.474. The molecular weight excluding hydrogens is 340 g/mol. The Morgan fingerprint density at radius 1 is 1.30 bits per heavy atom. The summed E-state index contributed by atoms with van der Waals surface area (Å²) in [6.45, 7) is 0. The van der Waals surface area contributed by atoms with Gasteiger partial charge in [0.15, 0.2) is 10.9 Å². The van der Waals surface area contributed by atoms with Gasteiger partial charge in [0.2, 0.25) is 0 Å². The average molecular weight is 349 g/mol. The van der Waals surface area contributed by atoms with Gasteiger partial charge in [-0.15, -0.1) is 0 Å². The van der Waals surface area contributed by atoms with Crippen LogP contribution in [0.3, 0.4) is 0 Å². The minimum Gasteiger partial charge on any atom is -0.508 e. The Morgan fingerprint density at radius 3 is 2.83 bits per heavy atom. The van der Waals surface area contributed by atoms with Crippen molar-refractivity contribution in [3.63, 3.8) is 0 Å². The van der Waals surface area contributed by atoms with Crippen LogP contribution in [0.1, 0.15) is 10.5 Å². The number of anilines is 1. The molecule has 23 heavy (non-hydrogen) atoms. The van der Waals surface area contributed by atoms with Crippen molar-refractivity contribution in [1.82, 2.24) is 15.0 Å². The van der Waals surface area contributed by atoms with E-state index in [1.807, 2.05) is 0 Å². The van der Waals surface area contributed by atoms with E-state index < -0.39 is 5.91 Å². The quantitative estimate of drug-likeness (QED) is 0.551. The molecule has 9 heteroatoms. The second-order valence-electron chi connectivity index (χ2n) is 4.25. The summed E-state index contributed by atoms with van der Waals surface area (Å²) in [6.07, 6.45) is 4.42. The minimum atomic E-state index is -0.484. The zero-order chi connectivity index (χ0) is 16.2. The molecule has 3 aromatic rings. The first-order valence-electron chi connectivity index (χ1n) is 6.32. The molecule has 1 aromatic carbocycles. The number of halogens is 1. The Balaban J connectivity index is 1.71. The van der Waals surface area contributed by atoms with Crippen molar-refractivity contribution >= 4 is 35.0 Å². The van der Waals surface area contributed by atoms with Gasteiger partial charge < -0.3 is 14.8 Å². The van der Waals surface area contributed by atoms with Crippen LogP contribution in [0.25, 0.3) is 0 Å². The molecule has 116 valence electrons. The maximum Gasteiger partial charge on any atom is 0.277 e. The van der Waals surface area contributed by atoms with E-state index in [0.717, 1.165) is 11.8 Å². The second kappa shape index (κ2) is 6.67. The van der Waals surface area contributed by atoms with E-state index in [1.54, 1.807) is 18.5 Å². The average Bonchev–Trinajstić information content (AvgIpc) is 3.00. The smallest absolute Gasteiger partial charge is 0.277 e. The number of oxazole rings is 1. The molecule has 0 aliphatic carbocycles. The SMILES string of the molecule is O=C(Nc1ccc(O)cc1Cl)c1coc(Sc2ncccn2)n1. The number of phenolic OH excluding ortho intramolecular Hbond substituents is 1. The van der Waals surface area contributed by atoms with Crippen molar-refractivity contribution < 1.29 is 14.3 Å². The van der Waals surface area contributed by atoms with Crippen molar-refractivity contribution in [2.75, 3.05) is 5.32 Å². The minimum absolute atomic E-state index is 0.0102. The predicted octanol–water partition coefficient (Wildman–Crippen LogP) is 3.23. The van der Waals surface area contributed by atoms with E-state index in [-0.39, 0.29) is 21.7 Å². The summed E-state index contributed by atoms with van der Waals surface area (Å²) in [5.41, 5.74) is 0.450. The van der Waals surface area contributed by atoms with Crippen LogP contribution in [0.15, 0.2) is 57.7 Å². The summed E-state index contributed by atoms with van der Waals surface area (Å²) in [5, 5.41) is 12.8. The third kappa shape index (κ3) is 3.79. The molecule has 2 N–H and O–H groups in total. The summed E-state index contributed by atoms with van der Waals surface area (Å²) in [6, 6.07) is 5.93. The number of carbonyl (C=O) groups is 1. The molecule has 3 rings (SSSR count). The number of phenols is 1. The molecular formula is C14H9ClN4O3S. The molecule has 1 amide bonds. The third-order valence-electron chi connectivity index (χ3n) is 2.64. The van der Waals surface area contributed by atoms with Gasteiger partial charge in [-0.1, -0.05) is 11.6 Å². The monoisotopic (exact) mass is 348 g/mol. The number of nitrogens with one attached hydrogen (secondary N) is 1. The van der Waals surface area contributed by atoms with Crippen LogP contribution >= 0.6 is 23.4 Å². The first-order valence-corrected chi connectivity index (χ1v) is 7.51. The number of hydrogen-bond donors (Lipinski definition) is 2. The highest BCUT2D eigenvalue weighted by Crippen LogP contribution is 2.27. The highest BCUT2D eigenvalue weighted by Gasteiger charge is 2.15. The summed E-state index contributed by atoms with van der Waals surface area (Å²) >= 11 is 7.03. The lowest BCUT2D eigenvalue weighted by atomic mass is 10.3. The number of hydrogen-bond acceptors (Lipinski definition) is 7. The van der Waals surface area contributed by atoms with Crippen molar-refractivity contribution in [2.24, 2.45) is 0 Å². The van der Waals surface area contributed by atoms with Gasteiger partial charge in [-0.2, -0.15) is 4.98 Å². The number of nitrogens with zero attached hydrogens (tertiary/aromatic N) is 3. The predicted molar refractivity (Wildman–Crippen MR) is 83.7 cm³/mol. The number of rotatable bonds is 4. The number of benzene rings is 1. The van der Waals surface area contributed by atoms with Crippen molar-refractivity contribution in [3.05, 3.63) is 53.6 Å². The largest absolute Gasteiger partial charge is 0.508 e. The lowest BCUT2D eigenvalue weighted by molar-refractivity contribution is 0.102. The summed E-state index contributed by atoms with van der Waals surface area (Å²) in [4.78, 5) is 24.2. The number of amides is 1. The van der Waals surface area contributed by atoms with Gasteiger partial charge in [0.25, 0.3) is 11.1 Å². The number of aromatic hydroxyl groups is 1. The van der Waals surface area contributed by atoms with Gasteiger partial charge in [-0.25, -0.2) is 9.97 Å². The molecule has 0 bridgehead atoms. The van der Waals surface area contributed by atoms with E-state index in [1.165, 1.54) is 24.5 Å². The highest BCUT2D eigenvalue weighted by molar-refractivity contribution is 7.98. The molecule has 0 radical (unpaired) electrons. The fraction of sp³-hybridized carbons (Fsp3) is 0. The Labute approximate surface area is 139 Å². The lowest BCUT2D eigenvalue weighted by Crippen LogP contribution is -2.12. The van der Waals surface area contributed by atoms with Crippen LogP contribution in [-0.2, 0) is 0 Å². The molecule has 0 fully saturated rings. The fourth-order valence-corrected chi connectivity index (χ4v) is 2.46. The van der Waals surface area contributed by atoms with Crippen LogP contribution in [0.4, 0.5) is 5.69 Å². The Hall–Kier alpha value is -2.58. The van der Waals surface area contributed by atoms with Gasteiger partial charge in [0, 0.05) is 30.2 Å². The Bertz CT molecular complexity index is 841. The normalized spacial score (nSPS) is 10.5.